The van der Waals surface area contributed by atoms with Gasteiger partial charge in [0.2, 0.25) is 0 Å². The summed E-state index contributed by atoms with van der Waals surface area (Å²) in [7, 11) is 0. The highest BCUT2D eigenvalue weighted by atomic mass is 35.5. The van der Waals surface area contributed by atoms with Crippen LogP contribution in [0, 0.1) is 4.91 Å². The Morgan fingerprint density at radius 2 is 2.15 bits per heavy atom. The van der Waals surface area contributed by atoms with Crippen molar-refractivity contribution in [2.24, 2.45) is 10.2 Å². The molecule has 3 heterocycles. The monoisotopic (exact) mass is 371 g/mol. The Balaban J connectivity index is 1.74. The number of aromatic nitrogens is 1. The zero-order chi connectivity index (χ0) is 17.9. The highest BCUT2D eigenvalue weighted by Crippen LogP contribution is 2.32. The molecule has 0 bridgehead atoms. The first-order chi connectivity index (χ1) is 12.7. The number of hydrogen-bond donors (Lipinski definition) is 1. The summed E-state index contributed by atoms with van der Waals surface area (Å²) in [6.45, 7) is 3.01. The van der Waals surface area contributed by atoms with Crippen LogP contribution in [0.1, 0.15) is 23.0 Å². The second kappa shape index (κ2) is 7.39. The summed E-state index contributed by atoms with van der Waals surface area (Å²) in [6.07, 6.45) is 1.35. The predicted octanol–water partition coefficient (Wildman–Crippen LogP) is 3.20. The number of pyridine rings is 1. The largest absolute Gasteiger partial charge is 0.378 e. The number of amidine groups is 1. The lowest BCUT2D eigenvalue weighted by atomic mass is 10.1. The molecule has 2 aliphatic rings. The molecule has 1 saturated heterocycles. The van der Waals surface area contributed by atoms with E-state index in [1.165, 1.54) is 0 Å². The number of nitrogens with one attached hydrogen (secondary N) is 1. The molecule has 0 radical (unpaired) electrons. The van der Waals surface area contributed by atoms with Crippen LogP contribution in [0.2, 0.25) is 5.02 Å². The quantitative estimate of drug-likeness (QED) is 0.838. The van der Waals surface area contributed by atoms with Gasteiger partial charge in [0.1, 0.15) is 18.4 Å². The Bertz CT molecular complexity index is 851. The molecule has 1 N–H and O–H groups in total. The molecule has 1 aromatic carbocycles. The van der Waals surface area contributed by atoms with Crippen molar-refractivity contribution in [1.29, 1.82) is 0 Å². The maximum absolute atomic E-state index is 10.6. The fraction of sp³-hybridized carbons (Fsp3) is 0.333. The van der Waals surface area contributed by atoms with Crippen LogP contribution in [-0.4, -0.2) is 42.0 Å². The van der Waals surface area contributed by atoms with Gasteiger partial charge in [-0.25, -0.2) is 9.98 Å². The van der Waals surface area contributed by atoms with E-state index in [-0.39, 0.29) is 12.7 Å². The van der Waals surface area contributed by atoms with Crippen LogP contribution >= 0.6 is 11.6 Å². The molecule has 26 heavy (non-hydrogen) atoms. The second-order valence-corrected chi connectivity index (χ2v) is 6.62. The van der Waals surface area contributed by atoms with Gasteiger partial charge in [0.25, 0.3) is 0 Å². The minimum Gasteiger partial charge on any atom is -0.378 e. The molecule has 1 unspecified atom stereocenters. The maximum Gasteiger partial charge on any atom is 0.154 e. The normalized spacial score (nSPS) is 19.3. The van der Waals surface area contributed by atoms with E-state index in [1.54, 1.807) is 6.20 Å². The van der Waals surface area contributed by atoms with Crippen molar-refractivity contribution in [3.63, 3.8) is 0 Å². The smallest absolute Gasteiger partial charge is 0.154 e. The van der Waals surface area contributed by atoms with Crippen molar-refractivity contribution in [1.82, 2.24) is 9.88 Å². The molecule has 1 atom stereocenters. The van der Waals surface area contributed by atoms with Gasteiger partial charge in [-0.15, -0.1) is 0 Å². The molecule has 2 aliphatic heterocycles. The zero-order valence-electron chi connectivity index (χ0n) is 14.1. The average molecular weight is 372 g/mol. The van der Waals surface area contributed by atoms with E-state index in [0.29, 0.717) is 18.2 Å². The number of fused-ring (bicyclic) bond motifs is 1. The van der Waals surface area contributed by atoms with Crippen molar-refractivity contribution in [3.05, 3.63) is 63.3 Å². The lowest BCUT2D eigenvalue weighted by Gasteiger charge is -2.34. The number of morpholine rings is 1. The van der Waals surface area contributed by atoms with Crippen LogP contribution in [0.25, 0.3) is 0 Å². The van der Waals surface area contributed by atoms with Gasteiger partial charge in [-0.3, -0.25) is 0 Å². The topological polar surface area (TPSA) is 79.2 Å². The fourth-order valence-corrected chi connectivity index (χ4v) is 3.35. The molecule has 0 saturated carbocycles. The van der Waals surface area contributed by atoms with Gasteiger partial charge in [-0.1, -0.05) is 35.0 Å². The number of benzene rings is 1. The predicted molar refractivity (Wildman–Crippen MR) is 100 cm³/mol. The van der Waals surface area contributed by atoms with E-state index in [2.05, 4.69) is 20.4 Å². The third kappa shape index (κ3) is 3.40. The molecule has 134 valence electrons. The number of nitrogens with zero attached hydrogens (tertiary/aromatic N) is 4. The van der Waals surface area contributed by atoms with Crippen molar-refractivity contribution in [2.45, 2.75) is 12.7 Å². The van der Waals surface area contributed by atoms with Gasteiger partial charge in [0.15, 0.2) is 5.84 Å². The Morgan fingerprint density at radius 1 is 1.31 bits per heavy atom. The van der Waals surface area contributed by atoms with E-state index in [4.69, 9.17) is 21.3 Å². The summed E-state index contributed by atoms with van der Waals surface area (Å²) in [6, 6.07) is 9.58. The number of halogens is 1. The summed E-state index contributed by atoms with van der Waals surface area (Å²) >= 11 is 6.15. The van der Waals surface area contributed by atoms with Crippen molar-refractivity contribution < 1.29 is 4.74 Å². The first-order valence-electron chi connectivity index (χ1n) is 8.45. The van der Waals surface area contributed by atoms with Gasteiger partial charge in [-0.2, -0.15) is 4.91 Å². The first kappa shape index (κ1) is 16.9. The van der Waals surface area contributed by atoms with Crippen LogP contribution < -0.4 is 5.32 Å². The summed E-state index contributed by atoms with van der Waals surface area (Å²) < 4.78 is 5.46. The van der Waals surface area contributed by atoms with Gasteiger partial charge in [-0.05, 0) is 23.3 Å². The number of anilines is 1. The van der Waals surface area contributed by atoms with E-state index in [9.17, 15) is 4.91 Å². The highest BCUT2D eigenvalue weighted by molar-refractivity contribution is 6.31. The van der Waals surface area contributed by atoms with Gasteiger partial charge in [0, 0.05) is 19.3 Å². The second-order valence-electron chi connectivity index (χ2n) is 6.18. The molecule has 0 amide bonds. The third-order valence-corrected chi connectivity index (χ3v) is 4.64. The molecular weight excluding hydrogens is 354 g/mol. The molecule has 8 heteroatoms. The number of hydrogen-bond acceptors (Lipinski definition) is 7. The van der Waals surface area contributed by atoms with Crippen LogP contribution in [0.5, 0.6) is 0 Å². The van der Waals surface area contributed by atoms with Crippen LogP contribution in [0.3, 0.4) is 0 Å². The minimum absolute atomic E-state index is 0.143. The minimum atomic E-state index is -0.285. The summed E-state index contributed by atoms with van der Waals surface area (Å²) in [5.74, 6) is 0.836. The number of ether oxygens (including phenoxy) is 1. The summed E-state index contributed by atoms with van der Waals surface area (Å²) in [4.78, 5) is 22.2. The summed E-state index contributed by atoms with van der Waals surface area (Å²) in [5.41, 5.74) is 3.45. The van der Waals surface area contributed by atoms with E-state index in [1.807, 2.05) is 30.3 Å². The lowest BCUT2D eigenvalue weighted by molar-refractivity contribution is 0.0679. The standard InChI is InChI=1S/C18H18ClN5O2/c19-14-9-15-16(20-11-14)18(24-4-6-26-7-5-24)23-17(22-15)13-3-1-2-12(8-13)10-21-25/h1-3,8-9,11,17,22H,4-7,10H2. The number of nitroso groups, excluding NO2 is 1. The Labute approximate surface area is 156 Å². The molecule has 2 aromatic rings. The molecule has 1 fully saturated rings. The lowest BCUT2D eigenvalue weighted by Crippen LogP contribution is -2.43. The van der Waals surface area contributed by atoms with E-state index < -0.39 is 0 Å². The fourth-order valence-electron chi connectivity index (χ4n) is 3.19. The van der Waals surface area contributed by atoms with E-state index in [0.717, 1.165) is 41.4 Å². The Kier molecular flexibility index (Phi) is 4.81. The van der Waals surface area contributed by atoms with Gasteiger partial charge < -0.3 is 15.0 Å². The molecule has 0 aliphatic carbocycles. The van der Waals surface area contributed by atoms with Crippen LogP contribution in [0.4, 0.5) is 5.69 Å². The number of rotatable bonds is 3. The van der Waals surface area contributed by atoms with Crippen molar-refractivity contribution in [2.75, 3.05) is 31.6 Å². The molecule has 7 nitrogen and oxygen atoms in total. The first-order valence-corrected chi connectivity index (χ1v) is 8.83. The third-order valence-electron chi connectivity index (χ3n) is 4.43. The molecule has 0 spiro atoms. The Morgan fingerprint density at radius 3 is 2.96 bits per heavy atom. The van der Waals surface area contributed by atoms with Crippen LogP contribution in [0.15, 0.2) is 46.7 Å². The summed E-state index contributed by atoms with van der Waals surface area (Å²) in [5, 5.41) is 6.93. The molecule has 4 rings (SSSR count). The van der Waals surface area contributed by atoms with Crippen molar-refractivity contribution in [3.8, 4) is 0 Å². The van der Waals surface area contributed by atoms with Crippen LogP contribution in [-0.2, 0) is 11.3 Å². The molecular formula is C18H18ClN5O2. The van der Waals surface area contributed by atoms with Gasteiger partial charge >= 0.3 is 0 Å². The molecule has 1 aromatic heterocycles. The van der Waals surface area contributed by atoms with Gasteiger partial charge in [0.05, 0.1) is 23.9 Å². The highest BCUT2D eigenvalue weighted by Gasteiger charge is 2.27. The zero-order valence-corrected chi connectivity index (χ0v) is 14.8. The maximum atomic E-state index is 10.6. The van der Waals surface area contributed by atoms with Crippen molar-refractivity contribution >= 4 is 23.1 Å². The Hall–Kier alpha value is -2.51. The SMILES string of the molecule is O=NCc1cccc(C2N=C(N3CCOCC3)c3ncc(Cl)cc3N2)c1. The van der Waals surface area contributed by atoms with E-state index >= 15 is 0 Å². The average Bonchev–Trinajstić information content (AvgIpc) is 2.68. The number of aliphatic imine (C=N–C) groups is 1.